The molecule has 0 heterocycles. The van der Waals surface area contributed by atoms with E-state index in [0.717, 1.165) is 0 Å². The number of hydrogen-bond donors (Lipinski definition) is 0. The Morgan fingerprint density at radius 3 is 1.82 bits per heavy atom. The van der Waals surface area contributed by atoms with Crippen LogP contribution in [-0.2, 0) is 4.74 Å². The topological polar surface area (TPSA) is 9.23 Å². The smallest absolute Gasteiger partial charge is 0.448 e. The third kappa shape index (κ3) is 3.30. The van der Waals surface area contributed by atoms with Crippen LogP contribution in [-0.4, -0.2) is 12.8 Å². The minimum Gasteiger partial charge on any atom is -0.489 e. The van der Waals surface area contributed by atoms with E-state index >= 15 is 0 Å². The maximum atomic E-state index is 12.0. The van der Waals surface area contributed by atoms with Gasteiger partial charge in [0.15, 0.2) is 5.76 Å². The van der Waals surface area contributed by atoms with Crippen molar-refractivity contribution >= 4 is 0 Å². The zero-order chi connectivity index (χ0) is 9.07. The summed E-state index contributed by atoms with van der Waals surface area (Å²) in [4.78, 5) is 0. The fraction of sp³-hybridized carbons (Fsp3) is 0.714. The Bertz CT molecular complexity index is 154. The molecule has 0 amide bonds. The van der Waals surface area contributed by atoms with Gasteiger partial charge in [-0.1, -0.05) is 0 Å². The van der Waals surface area contributed by atoms with Gasteiger partial charge in [-0.3, -0.25) is 0 Å². The Labute approximate surface area is 63.8 Å². The van der Waals surface area contributed by atoms with Crippen LogP contribution in [0, 0.1) is 0 Å². The standard InChI is InChI=1S/C7H11F3O/c1-4-11-6(5(2)3)7(8,9)10/h4H2,1-3H3. The van der Waals surface area contributed by atoms with Gasteiger partial charge in [-0.25, -0.2) is 0 Å². The monoisotopic (exact) mass is 168 g/mol. The molecular formula is C7H11F3O. The highest BCUT2D eigenvalue weighted by molar-refractivity contribution is 5.08. The van der Waals surface area contributed by atoms with E-state index in [1.807, 2.05) is 0 Å². The van der Waals surface area contributed by atoms with E-state index < -0.39 is 11.9 Å². The second-order valence-corrected chi connectivity index (χ2v) is 2.26. The van der Waals surface area contributed by atoms with Crippen molar-refractivity contribution in [3.05, 3.63) is 11.3 Å². The summed E-state index contributed by atoms with van der Waals surface area (Å²) in [6.45, 7) is 4.31. The van der Waals surface area contributed by atoms with Gasteiger partial charge in [0.05, 0.1) is 6.61 Å². The van der Waals surface area contributed by atoms with Crippen molar-refractivity contribution in [1.82, 2.24) is 0 Å². The SMILES string of the molecule is CCOC(=C(C)C)C(F)(F)F. The summed E-state index contributed by atoms with van der Waals surface area (Å²) in [5.41, 5.74) is 0.152. The van der Waals surface area contributed by atoms with Gasteiger partial charge in [-0.05, 0) is 26.3 Å². The average Bonchev–Trinajstić information content (AvgIpc) is 1.79. The molecule has 0 fully saturated rings. The van der Waals surface area contributed by atoms with E-state index in [9.17, 15) is 13.2 Å². The minimum atomic E-state index is -4.35. The van der Waals surface area contributed by atoms with Gasteiger partial charge in [-0.2, -0.15) is 13.2 Å². The molecule has 1 nitrogen and oxygen atoms in total. The Morgan fingerprint density at radius 2 is 1.73 bits per heavy atom. The van der Waals surface area contributed by atoms with Crippen LogP contribution in [0.3, 0.4) is 0 Å². The highest BCUT2D eigenvalue weighted by Gasteiger charge is 2.36. The molecule has 0 saturated heterocycles. The zero-order valence-electron chi connectivity index (χ0n) is 6.75. The highest BCUT2D eigenvalue weighted by atomic mass is 19.4. The molecule has 0 aromatic heterocycles. The third-order valence-electron chi connectivity index (χ3n) is 1.00. The van der Waals surface area contributed by atoms with Crippen molar-refractivity contribution in [2.45, 2.75) is 26.9 Å². The molecule has 0 bridgehead atoms. The summed E-state index contributed by atoms with van der Waals surface area (Å²) in [5, 5.41) is 0. The van der Waals surface area contributed by atoms with Crippen LogP contribution < -0.4 is 0 Å². The van der Waals surface area contributed by atoms with E-state index in [4.69, 9.17) is 0 Å². The summed E-state index contributed by atoms with van der Waals surface area (Å²) < 4.78 is 40.3. The Morgan fingerprint density at radius 1 is 1.27 bits per heavy atom. The lowest BCUT2D eigenvalue weighted by Gasteiger charge is -2.13. The molecular weight excluding hydrogens is 157 g/mol. The highest BCUT2D eigenvalue weighted by Crippen LogP contribution is 2.28. The molecule has 0 atom stereocenters. The van der Waals surface area contributed by atoms with Crippen LogP contribution in [0.1, 0.15) is 20.8 Å². The summed E-state index contributed by atoms with van der Waals surface area (Å²) in [6.07, 6.45) is -4.35. The second kappa shape index (κ2) is 3.64. The lowest BCUT2D eigenvalue weighted by atomic mass is 10.3. The zero-order valence-corrected chi connectivity index (χ0v) is 6.75. The number of ether oxygens (including phenoxy) is 1. The van der Waals surface area contributed by atoms with Gasteiger partial charge in [-0.15, -0.1) is 0 Å². The summed E-state index contributed by atoms with van der Waals surface area (Å²) in [6, 6.07) is 0. The lowest BCUT2D eigenvalue weighted by molar-refractivity contribution is -0.131. The Balaban J connectivity index is 4.50. The molecule has 66 valence electrons. The van der Waals surface area contributed by atoms with Gasteiger partial charge >= 0.3 is 6.18 Å². The maximum Gasteiger partial charge on any atom is 0.448 e. The fourth-order valence-electron chi connectivity index (χ4n) is 0.654. The van der Waals surface area contributed by atoms with Crippen molar-refractivity contribution in [1.29, 1.82) is 0 Å². The van der Waals surface area contributed by atoms with Crippen molar-refractivity contribution in [2.24, 2.45) is 0 Å². The normalized spacial score (nSPS) is 11.1. The first kappa shape index (κ1) is 10.3. The first-order chi connectivity index (χ1) is 4.89. The van der Waals surface area contributed by atoms with E-state index in [1.54, 1.807) is 0 Å². The summed E-state index contributed by atoms with van der Waals surface area (Å²) >= 11 is 0. The molecule has 0 aromatic rings. The molecule has 0 saturated carbocycles. The molecule has 0 radical (unpaired) electrons. The van der Waals surface area contributed by atoms with Crippen LogP contribution >= 0.6 is 0 Å². The number of allylic oxidation sites excluding steroid dienone is 2. The van der Waals surface area contributed by atoms with Crippen molar-refractivity contribution < 1.29 is 17.9 Å². The molecule has 0 rings (SSSR count). The summed E-state index contributed by atoms with van der Waals surface area (Å²) in [7, 11) is 0. The molecule has 0 aromatic carbocycles. The Hall–Kier alpha value is -0.670. The molecule has 0 aliphatic heterocycles. The first-order valence-electron chi connectivity index (χ1n) is 3.27. The molecule has 0 aliphatic carbocycles. The van der Waals surface area contributed by atoms with Gasteiger partial charge in [0.2, 0.25) is 0 Å². The fourth-order valence-corrected chi connectivity index (χ4v) is 0.654. The van der Waals surface area contributed by atoms with E-state index in [2.05, 4.69) is 4.74 Å². The summed E-state index contributed by atoms with van der Waals surface area (Å²) in [5.74, 6) is -0.875. The number of halogens is 3. The van der Waals surface area contributed by atoms with E-state index in [1.165, 1.54) is 20.8 Å². The first-order valence-corrected chi connectivity index (χ1v) is 3.27. The number of rotatable bonds is 2. The molecule has 0 spiro atoms. The molecule has 4 heteroatoms. The minimum absolute atomic E-state index is 0.0417. The van der Waals surface area contributed by atoms with Crippen molar-refractivity contribution in [3.8, 4) is 0 Å². The van der Waals surface area contributed by atoms with Crippen molar-refractivity contribution in [3.63, 3.8) is 0 Å². The third-order valence-corrected chi connectivity index (χ3v) is 1.00. The van der Waals surface area contributed by atoms with Crippen LogP contribution in [0.15, 0.2) is 11.3 Å². The van der Waals surface area contributed by atoms with E-state index in [-0.39, 0.29) is 12.2 Å². The molecule has 11 heavy (non-hydrogen) atoms. The van der Waals surface area contributed by atoms with Crippen LogP contribution in [0.2, 0.25) is 0 Å². The average molecular weight is 168 g/mol. The number of hydrogen-bond acceptors (Lipinski definition) is 1. The van der Waals surface area contributed by atoms with Crippen LogP contribution in [0.25, 0.3) is 0 Å². The maximum absolute atomic E-state index is 12.0. The van der Waals surface area contributed by atoms with Crippen LogP contribution in [0.4, 0.5) is 13.2 Å². The van der Waals surface area contributed by atoms with Gasteiger partial charge in [0, 0.05) is 0 Å². The van der Waals surface area contributed by atoms with Gasteiger partial charge < -0.3 is 4.74 Å². The lowest BCUT2D eigenvalue weighted by Crippen LogP contribution is -2.16. The molecule has 0 aliphatic rings. The predicted octanol–water partition coefficient (Wildman–Crippen LogP) is 2.88. The van der Waals surface area contributed by atoms with E-state index in [0.29, 0.717) is 0 Å². The number of alkyl halides is 3. The quantitative estimate of drug-likeness (QED) is 0.576. The van der Waals surface area contributed by atoms with Gasteiger partial charge in [0.25, 0.3) is 0 Å². The largest absolute Gasteiger partial charge is 0.489 e. The van der Waals surface area contributed by atoms with Crippen molar-refractivity contribution in [2.75, 3.05) is 6.61 Å². The molecule has 0 unspecified atom stereocenters. The van der Waals surface area contributed by atoms with Crippen LogP contribution in [0.5, 0.6) is 0 Å². The predicted molar refractivity (Wildman–Crippen MR) is 36.1 cm³/mol. The second-order valence-electron chi connectivity index (χ2n) is 2.26. The van der Waals surface area contributed by atoms with Gasteiger partial charge in [0.1, 0.15) is 0 Å². The Kier molecular flexibility index (Phi) is 3.42. The molecule has 0 N–H and O–H groups in total.